The van der Waals surface area contributed by atoms with E-state index in [1.165, 1.54) is 0 Å². The van der Waals surface area contributed by atoms with E-state index in [2.05, 4.69) is 5.32 Å². The molecule has 1 saturated carbocycles. The number of nitrogens with two attached hydrogens (primary N) is 1. The molecule has 0 bridgehead atoms. The molecule has 1 fully saturated rings. The topological polar surface area (TPSA) is 64.3 Å². The number of rotatable bonds is 5. The molecule has 21 heavy (non-hydrogen) atoms. The Morgan fingerprint density at radius 2 is 2.05 bits per heavy atom. The van der Waals surface area contributed by atoms with E-state index in [1.807, 2.05) is 19.1 Å². The van der Waals surface area contributed by atoms with Gasteiger partial charge < -0.3 is 15.8 Å². The molecule has 5 heteroatoms. The summed E-state index contributed by atoms with van der Waals surface area (Å²) in [5, 5.41) is 3.59. The minimum atomic E-state index is -0.513. The maximum Gasteiger partial charge on any atom is 0.261 e. The summed E-state index contributed by atoms with van der Waals surface area (Å²) in [7, 11) is 0. The highest BCUT2D eigenvalue weighted by Gasteiger charge is 2.25. The largest absolute Gasteiger partial charge is 0.479 e. The number of halogens is 1. The summed E-state index contributed by atoms with van der Waals surface area (Å²) >= 11 is 6.07. The zero-order valence-electron chi connectivity index (χ0n) is 12.3. The van der Waals surface area contributed by atoms with E-state index in [9.17, 15) is 4.79 Å². The number of hydrogen-bond acceptors (Lipinski definition) is 3. The molecule has 1 amide bonds. The summed E-state index contributed by atoms with van der Waals surface area (Å²) in [6.45, 7) is 1.93. The third-order valence-corrected chi connectivity index (χ3v) is 4.20. The lowest BCUT2D eigenvalue weighted by Gasteiger charge is -2.28. The van der Waals surface area contributed by atoms with Gasteiger partial charge >= 0.3 is 0 Å². The lowest BCUT2D eigenvalue weighted by atomic mass is 9.91. The molecule has 4 nitrogen and oxygen atoms in total. The van der Waals surface area contributed by atoms with Crippen LogP contribution in [0.2, 0.25) is 5.02 Å². The summed E-state index contributed by atoms with van der Waals surface area (Å²) in [5.74, 6) is 0.477. The fourth-order valence-corrected chi connectivity index (χ4v) is 2.75. The van der Waals surface area contributed by atoms with Crippen LogP contribution in [0.4, 0.5) is 0 Å². The average molecular weight is 311 g/mol. The normalized spacial score (nSPS) is 23.4. The first kappa shape index (κ1) is 16.1. The van der Waals surface area contributed by atoms with Gasteiger partial charge in [0.2, 0.25) is 0 Å². The van der Waals surface area contributed by atoms with Crippen LogP contribution in [0.3, 0.4) is 0 Å². The molecule has 116 valence electrons. The van der Waals surface area contributed by atoms with Gasteiger partial charge in [-0.05, 0) is 44.2 Å². The van der Waals surface area contributed by atoms with Crippen molar-refractivity contribution in [2.75, 3.05) is 0 Å². The van der Waals surface area contributed by atoms with Gasteiger partial charge in [-0.1, -0.05) is 30.7 Å². The number of ether oxygens (including phenoxy) is 1. The number of benzene rings is 1. The van der Waals surface area contributed by atoms with Crippen LogP contribution >= 0.6 is 11.6 Å². The second-order valence-corrected chi connectivity index (χ2v) is 5.97. The van der Waals surface area contributed by atoms with Crippen molar-refractivity contribution in [3.63, 3.8) is 0 Å². The van der Waals surface area contributed by atoms with Crippen molar-refractivity contribution in [2.45, 2.75) is 57.2 Å². The van der Waals surface area contributed by atoms with E-state index in [0.717, 1.165) is 25.7 Å². The van der Waals surface area contributed by atoms with Crippen molar-refractivity contribution in [1.82, 2.24) is 5.32 Å². The summed E-state index contributed by atoms with van der Waals surface area (Å²) in [6.07, 6.45) is 3.90. The highest BCUT2D eigenvalue weighted by molar-refractivity contribution is 6.32. The Kier molecular flexibility index (Phi) is 5.88. The molecule has 1 unspecified atom stereocenters. The second kappa shape index (κ2) is 7.66. The minimum absolute atomic E-state index is 0.0714. The maximum absolute atomic E-state index is 12.3. The molecule has 1 aromatic rings. The fraction of sp³-hybridized carbons (Fsp3) is 0.562. The molecule has 0 spiro atoms. The molecule has 1 aliphatic rings. The monoisotopic (exact) mass is 310 g/mol. The summed E-state index contributed by atoms with van der Waals surface area (Å²) in [4.78, 5) is 12.3. The van der Waals surface area contributed by atoms with Gasteiger partial charge in [0.15, 0.2) is 6.10 Å². The third-order valence-electron chi connectivity index (χ3n) is 3.89. The predicted molar refractivity (Wildman–Crippen MR) is 84.5 cm³/mol. The van der Waals surface area contributed by atoms with Gasteiger partial charge in [-0.25, -0.2) is 0 Å². The van der Waals surface area contributed by atoms with Crippen LogP contribution in [-0.4, -0.2) is 24.1 Å². The molecule has 3 N–H and O–H groups in total. The van der Waals surface area contributed by atoms with Gasteiger partial charge in [0.1, 0.15) is 5.75 Å². The van der Waals surface area contributed by atoms with Crippen molar-refractivity contribution in [3.05, 3.63) is 29.3 Å². The summed E-state index contributed by atoms with van der Waals surface area (Å²) < 4.78 is 5.75. The Bertz CT molecular complexity index is 473. The molecular formula is C16H23ClN2O2. The molecular weight excluding hydrogens is 288 g/mol. The van der Waals surface area contributed by atoms with Crippen molar-refractivity contribution in [3.8, 4) is 5.75 Å². The average Bonchev–Trinajstić information content (AvgIpc) is 2.48. The summed E-state index contributed by atoms with van der Waals surface area (Å²) in [5.41, 5.74) is 5.88. The Hall–Kier alpha value is -1.26. The standard InChI is InChI=1S/C16H23ClN2O2/c1-2-14(21-15-6-4-3-5-13(15)17)16(20)19-12-9-7-11(18)8-10-12/h3-6,11-12,14H,2,7-10,18H2,1H3,(H,19,20). The van der Waals surface area contributed by atoms with Gasteiger partial charge in [0.25, 0.3) is 5.91 Å². The molecule has 0 aliphatic heterocycles. The lowest BCUT2D eigenvalue weighted by Crippen LogP contribution is -2.46. The number of carbonyl (C=O) groups excluding carboxylic acids is 1. The third kappa shape index (κ3) is 4.61. The van der Waals surface area contributed by atoms with E-state index in [1.54, 1.807) is 12.1 Å². The van der Waals surface area contributed by atoms with Crippen LogP contribution in [-0.2, 0) is 4.79 Å². The fourth-order valence-electron chi connectivity index (χ4n) is 2.57. The van der Waals surface area contributed by atoms with Crippen molar-refractivity contribution in [2.24, 2.45) is 5.73 Å². The lowest BCUT2D eigenvalue weighted by molar-refractivity contribution is -0.129. The van der Waals surface area contributed by atoms with E-state index >= 15 is 0 Å². The van der Waals surface area contributed by atoms with E-state index in [-0.39, 0.29) is 18.0 Å². The Balaban J connectivity index is 1.91. The Labute approximate surface area is 131 Å². The number of hydrogen-bond donors (Lipinski definition) is 2. The number of para-hydroxylation sites is 1. The maximum atomic E-state index is 12.3. The van der Waals surface area contributed by atoms with Crippen LogP contribution < -0.4 is 15.8 Å². The quantitative estimate of drug-likeness (QED) is 0.879. The number of nitrogens with one attached hydrogen (secondary N) is 1. The highest BCUT2D eigenvalue weighted by Crippen LogP contribution is 2.25. The van der Waals surface area contributed by atoms with Crippen molar-refractivity contribution < 1.29 is 9.53 Å². The molecule has 0 saturated heterocycles. The van der Waals surface area contributed by atoms with Gasteiger partial charge in [0, 0.05) is 12.1 Å². The highest BCUT2D eigenvalue weighted by atomic mass is 35.5. The van der Waals surface area contributed by atoms with Gasteiger partial charge in [0.05, 0.1) is 5.02 Å². The van der Waals surface area contributed by atoms with Crippen LogP contribution in [0, 0.1) is 0 Å². The number of carbonyl (C=O) groups is 1. The van der Waals surface area contributed by atoms with Gasteiger partial charge in [-0.2, -0.15) is 0 Å². The minimum Gasteiger partial charge on any atom is -0.479 e. The van der Waals surface area contributed by atoms with E-state index in [4.69, 9.17) is 22.1 Å². The molecule has 0 radical (unpaired) electrons. The molecule has 1 aliphatic carbocycles. The molecule has 0 heterocycles. The first-order chi connectivity index (χ1) is 10.1. The molecule has 1 aromatic carbocycles. The Morgan fingerprint density at radius 3 is 2.67 bits per heavy atom. The first-order valence-electron chi connectivity index (χ1n) is 7.57. The SMILES string of the molecule is CCC(Oc1ccccc1Cl)C(=O)NC1CCC(N)CC1. The molecule has 1 atom stereocenters. The molecule has 0 aromatic heterocycles. The number of amides is 1. The smallest absolute Gasteiger partial charge is 0.261 e. The van der Waals surface area contributed by atoms with Crippen LogP contribution in [0.1, 0.15) is 39.0 Å². The predicted octanol–water partition coefficient (Wildman–Crippen LogP) is 2.88. The van der Waals surface area contributed by atoms with Crippen molar-refractivity contribution in [1.29, 1.82) is 0 Å². The zero-order valence-corrected chi connectivity index (χ0v) is 13.1. The van der Waals surface area contributed by atoms with Gasteiger partial charge in [-0.3, -0.25) is 4.79 Å². The molecule has 2 rings (SSSR count). The Morgan fingerprint density at radius 1 is 1.38 bits per heavy atom. The zero-order chi connectivity index (χ0) is 15.2. The van der Waals surface area contributed by atoms with E-state index in [0.29, 0.717) is 17.2 Å². The first-order valence-corrected chi connectivity index (χ1v) is 7.95. The summed E-state index contributed by atoms with van der Waals surface area (Å²) in [6, 6.07) is 7.69. The van der Waals surface area contributed by atoms with E-state index < -0.39 is 6.10 Å². The van der Waals surface area contributed by atoms with Crippen LogP contribution in [0.25, 0.3) is 0 Å². The second-order valence-electron chi connectivity index (χ2n) is 5.57. The van der Waals surface area contributed by atoms with Gasteiger partial charge in [-0.15, -0.1) is 0 Å². The van der Waals surface area contributed by atoms with Crippen molar-refractivity contribution >= 4 is 17.5 Å². The van der Waals surface area contributed by atoms with Crippen LogP contribution in [0.5, 0.6) is 5.75 Å². The van der Waals surface area contributed by atoms with Crippen LogP contribution in [0.15, 0.2) is 24.3 Å².